The van der Waals surface area contributed by atoms with Crippen LogP contribution in [0.1, 0.15) is 50.2 Å². The molecule has 0 aromatic heterocycles. The molecule has 4 rings (SSSR count). The number of aryl methyl sites for hydroxylation is 1. The van der Waals surface area contributed by atoms with Gasteiger partial charge < -0.3 is 10.2 Å². The maximum atomic E-state index is 14.2. The molecule has 1 aliphatic carbocycles. The Morgan fingerprint density at radius 1 is 0.976 bits per heavy atom. The van der Waals surface area contributed by atoms with Gasteiger partial charge in [-0.3, -0.25) is 13.9 Å². The Balaban J connectivity index is 1.74. The summed E-state index contributed by atoms with van der Waals surface area (Å²) in [5.74, 6) is -1.52. The number of carbonyl (C=O) groups excluding carboxylic acids is 2. The Bertz CT molecular complexity index is 1490. The first-order chi connectivity index (χ1) is 20.0. The SMILES string of the molecule is CC[C@@H](C(=O)NC1CCCC1)N(Cc1c(Cl)cccc1Cl)C(=O)CN(c1ccc(C)cc1)S(=O)(=O)c1ccc(F)cc1. The lowest BCUT2D eigenvalue weighted by atomic mass is 10.1. The molecule has 224 valence electrons. The summed E-state index contributed by atoms with van der Waals surface area (Å²) in [7, 11) is -4.31. The fourth-order valence-electron chi connectivity index (χ4n) is 5.11. The second-order valence-corrected chi connectivity index (χ2v) is 13.1. The molecule has 2 amide bonds. The summed E-state index contributed by atoms with van der Waals surface area (Å²) in [6.07, 6.45) is 4.05. The van der Waals surface area contributed by atoms with Crippen molar-refractivity contribution in [2.24, 2.45) is 0 Å². The van der Waals surface area contributed by atoms with Gasteiger partial charge in [0.15, 0.2) is 0 Å². The molecule has 1 fully saturated rings. The smallest absolute Gasteiger partial charge is 0.264 e. The van der Waals surface area contributed by atoms with E-state index in [1.165, 1.54) is 4.90 Å². The van der Waals surface area contributed by atoms with Crippen LogP contribution < -0.4 is 9.62 Å². The minimum atomic E-state index is -4.31. The highest BCUT2D eigenvalue weighted by Gasteiger charge is 2.35. The van der Waals surface area contributed by atoms with Gasteiger partial charge >= 0.3 is 0 Å². The first-order valence-corrected chi connectivity index (χ1v) is 16.1. The van der Waals surface area contributed by atoms with Gasteiger partial charge in [0, 0.05) is 28.2 Å². The van der Waals surface area contributed by atoms with Crippen molar-refractivity contribution in [1.29, 1.82) is 0 Å². The summed E-state index contributed by atoms with van der Waals surface area (Å²) < 4.78 is 42.4. The molecule has 7 nitrogen and oxygen atoms in total. The van der Waals surface area contributed by atoms with E-state index in [1.54, 1.807) is 49.4 Å². The van der Waals surface area contributed by atoms with Gasteiger partial charge in [0.05, 0.1) is 10.6 Å². The van der Waals surface area contributed by atoms with Crippen molar-refractivity contribution in [1.82, 2.24) is 10.2 Å². The van der Waals surface area contributed by atoms with Gasteiger partial charge in [0.1, 0.15) is 18.4 Å². The minimum absolute atomic E-state index is 0.0234. The van der Waals surface area contributed by atoms with E-state index in [0.29, 0.717) is 15.6 Å². The second-order valence-electron chi connectivity index (χ2n) is 10.4. The molecule has 0 heterocycles. The number of nitrogens with zero attached hydrogens (tertiary/aromatic N) is 2. The number of nitrogens with one attached hydrogen (secondary N) is 1. The van der Waals surface area contributed by atoms with Crippen LogP contribution in [0, 0.1) is 12.7 Å². The molecule has 42 heavy (non-hydrogen) atoms. The summed E-state index contributed by atoms with van der Waals surface area (Å²) in [6.45, 7) is 2.93. The van der Waals surface area contributed by atoms with Crippen molar-refractivity contribution in [2.45, 2.75) is 69.5 Å². The average Bonchev–Trinajstić information content (AvgIpc) is 3.47. The third kappa shape index (κ3) is 7.43. The normalized spacial score (nSPS) is 14.4. The van der Waals surface area contributed by atoms with Crippen molar-refractivity contribution < 1.29 is 22.4 Å². The van der Waals surface area contributed by atoms with E-state index in [9.17, 15) is 22.4 Å². The van der Waals surface area contributed by atoms with Gasteiger partial charge in [-0.25, -0.2) is 12.8 Å². The number of hydrogen-bond acceptors (Lipinski definition) is 4. The standard InChI is InChI=1S/C31H34Cl2FN3O4S/c1-3-29(31(39)35-23-7-4-5-8-23)36(19-26-27(32)9-6-10-28(26)33)30(38)20-37(24-15-11-21(2)12-16-24)42(40,41)25-17-13-22(34)14-18-25/h6,9-18,23,29H,3-5,7-8,19-20H2,1-2H3,(H,35,39)/t29-/m0/s1. The molecular weight excluding hydrogens is 600 g/mol. The molecule has 0 bridgehead atoms. The monoisotopic (exact) mass is 633 g/mol. The zero-order valence-electron chi connectivity index (χ0n) is 23.5. The maximum Gasteiger partial charge on any atom is 0.264 e. The highest BCUT2D eigenvalue weighted by Crippen LogP contribution is 2.29. The van der Waals surface area contributed by atoms with Crippen LogP contribution in [-0.2, 0) is 26.2 Å². The number of carbonyl (C=O) groups is 2. The predicted molar refractivity (Wildman–Crippen MR) is 164 cm³/mol. The van der Waals surface area contributed by atoms with E-state index in [0.717, 1.165) is 59.8 Å². The lowest BCUT2D eigenvalue weighted by Crippen LogP contribution is -2.53. The number of rotatable bonds is 11. The van der Waals surface area contributed by atoms with Crippen LogP contribution in [0.3, 0.4) is 0 Å². The molecule has 1 saturated carbocycles. The van der Waals surface area contributed by atoms with E-state index in [-0.39, 0.29) is 35.5 Å². The first-order valence-electron chi connectivity index (χ1n) is 13.9. The molecule has 0 radical (unpaired) electrons. The van der Waals surface area contributed by atoms with Crippen LogP contribution in [0.25, 0.3) is 0 Å². The van der Waals surface area contributed by atoms with E-state index >= 15 is 0 Å². The summed E-state index contributed by atoms with van der Waals surface area (Å²) in [4.78, 5) is 28.9. The van der Waals surface area contributed by atoms with Gasteiger partial charge in [0.25, 0.3) is 10.0 Å². The topological polar surface area (TPSA) is 86.8 Å². The Labute approximate surface area is 256 Å². The molecule has 11 heteroatoms. The van der Waals surface area contributed by atoms with Crippen molar-refractivity contribution in [3.63, 3.8) is 0 Å². The van der Waals surface area contributed by atoms with Crippen LogP contribution in [0.4, 0.5) is 10.1 Å². The molecule has 0 aliphatic heterocycles. The zero-order chi connectivity index (χ0) is 30.4. The molecule has 0 saturated heterocycles. The average molecular weight is 635 g/mol. The van der Waals surface area contributed by atoms with Crippen LogP contribution in [0.15, 0.2) is 71.6 Å². The van der Waals surface area contributed by atoms with Gasteiger partial charge in [-0.2, -0.15) is 0 Å². The minimum Gasteiger partial charge on any atom is -0.352 e. The Kier molecular flexibility index (Phi) is 10.5. The fraction of sp³-hybridized carbons (Fsp3) is 0.355. The number of sulfonamides is 1. The summed E-state index contributed by atoms with van der Waals surface area (Å²) in [5.41, 5.74) is 1.59. The lowest BCUT2D eigenvalue weighted by Gasteiger charge is -2.34. The Morgan fingerprint density at radius 2 is 1.57 bits per heavy atom. The molecule has 3 aromatic carbocycles. The number of hydrogen-bond donors (Lipinski definition) is 1. The summed E-state index contributed by atoms with van der Waals surface area (Å²) in [5, 5.41) is 3.71. The van der Waals surface area contributed by atoms with E-state index in [1.807, 2.05) is 6.92 Å². The molecule has 3 aromatic rings. The van der Waals surface area contributed by atoms with Crippen LogP contribution in [0.5, 0.6) is 0 Å². The van der Waals surface area contributed by atoms with Gasteiger partial charge in [-0.1, -0.05) is 66.7 Å². The summed E-state index contributed by atoms with van der Waals surface area (Å²) >= 11 is 12.9. The van der Waals surface area contributed by atoms with Crippen molar-refractivity contribution >= 4 is 50.7 Å². The third-order valence-electron chi connectivity index (χ3n) is 7.48. The van der Waals surface area contributed by atoms with Crippen LogP contribution in [0.2, 0.25) is 10.0 Å². The van der Waals surface area contributed by atoms with E-state index in [2.05, 4.69) is 5.32 Å². The largest absolute Gasteiger partial charge is 0.352 e. The highest BCUT2D eigenvalue weighted by molar-refractivity contribution is 7.92. The molecular formula is C31H34Cl2FN3O4S. The molecule has 1 atom stereocenters. The van der Waals surface area contributed by atoms with Crippen molar-refractivity contribution in [3.05, 3.63) is 93.7 Å². The van der Waals surface area contributed by atoms with Crippen molar-refractivity contribution in [3.8, 4) is 0 Å². The quantitative estimate of drug-likeness (QED) is 0.261. The number of amides is 2. The number of benzene rings is 3. The number of halogens is 3. The van der Waals surface area contributed by atoms with Gasteiger partial charge in [-0.05, 0) is 74.7 Å². The molecule has 1 aliphatic rings. The van der Waals surface area contributed by atoms with Crippen LogP contribution >= 0.6 is 23.2 Å². The van der Waals surface area contributed by atoms with Gasteiger partial charge in [0.2, 0.25) is 11.8 Å². The Morgan fingerprint density at radius 3 is 2.14 bits per heavy atom. The number of anilines is 1. The van der Waals surface area contributed by atoms with Gasteiger partial charge in [-0.15, -0.1) is 0 Å². The third-order valence-corrected chi connectivity index (χ3v) is 9.98. The fourth-order valence-corrected chi connectivity index (χ4v) is 7.05. The highest BCUT2D eigenvalue weighted by atomic mass is 35.5. The zero-order valence-corrected chi connectivity index (χ0v) is 25.9. The maximum absolute atomic E-state index is 14.2. The summed E-state index contributed by atoms with van der Waals surface area (Å²) in [6, 6.07) is 15.2. The molecule has 0 spiro atoms. The van der Waals surface area contributed by atoms with Crippen molar-refractivity contribution in [2.75, 3.05) is 10.8 Å². The van der Waals surface area contributed by atoms with E-state index in [4.69, 9.17) is 23.2 Å². The lowest BCUT2D eigenvalue weighted by molar-refractivity contribution is -0.140. The first kappa shape index (κ1) is 31.8. The predicted octanol–water partition coefficient (Wildman–Crippen LogP) is 6.50. The molecule has 1 N–H and O–H groups in total. The molecule has 0 unspecified atom stereocenters. The van der Waals surface area contributed by atoms with E-state index < -0.39 is 34.3 Å². The van der Waals surface area contributed by atoms with Crippen LogP contribution in [-0.4, -0.2) is 43.8 Å². The second kappa shape index (κ2) is 13.9. The Hall–Kier alpha value is -3.14.